The maximum absolute atomic E-state index is 13.0. The Balaban J connectivity index is 1.84. The molecule has 0 aromatic heterocycles. The molecule has 3 rings (SSSR count). The minimum Gasteiger partial charge on any atom is -0.324 e. The Morgan fingerprint density at radius 1 is 1.09 bits per heavy atom. The van der Waals surface area contributed by atoms with Crippen molar-refractivity contribution in [3.63, 3.8) is 0 Å². The van der Waals surface area contributed by atoms with Gasteiger partial charge < -0.3 is 4.52 Å². The van der Waals surface area contributed by atoms with Crippen LogP contribution >= 0.6 is 8.03 Å². The average Bonchev–Trinajstić information content (AvgIpc) is 2.54. The van der Waals surface area contributed by atoms with Crippen molar-refractivity contribution in [2.75, 3.05) is 0 Å². The molecule has 2 aromatic rings. The summed E-state index contributed by atoms with van der Waals surface area (Å²) >= 11 is 0. The number of benzene rings is 2. The topological polar surface area (TPSA) is 26.3 Å². The van der Waals surface area contributed by atoms with E-state index in [1.54, 1.807) is 0 Å². The molecule has 0 spiro atoms. The molecule has 0 saturated heterocycles. The van der Waals surface area contributed by atoms with Crippen molar-refractivity contribution in [1.82, 2.24) is 0 Å². The largest absolute Gasteiger partial charge is 0.324 e. The van der Waals surface area contributed by atoms with Gasteiger partial charge >= 0.3 is 0 Å². The SMILES string of the molecule is CC(C)[C@@H]1CC[C@@H](C)C[C@H]1O[P@H](=O)c1cccc2ccccc12. The Labute approximate surface area is 140 Å². The first-order chi connectivity index (χ1) is 11.1. The highest BCUT2D eigenvalue weighted by atomic mass is 31.1. The van der Waals surface area contributed by atoms with Crippen LogP contribution in [0, 0.1) is 17.8 Å². The van der Waals surface area contributed by atoms with Gasteiger partial charge in [-0.1, -0.05) is 63.6 Å². The lowest BCUT2D eigenvalue weighted by molar-refractivity contribution is 0.0539. The van der Waals surface area contributed by atoms with Gasteiger partial charge in [-0.05, 0) is 47.4 Å². The highest BCUT2D eigenvalue weighted by Crippen LogP contribution is 2.40. The van der Waals surface area contributed by atoms with Gasteiger partial charge in [0.05, 0.1) is 6.10 Å². The first-order valence-electron chi connectivity index (χ1n) is 8.75. The third-order valence-electron chi connectivity index (χ3n) is 5.23. The van der Waals surface area contributed by atoms with Crippen LogP contribution in [0.1, 0.15) is 40.0 Å². The predicted octanol–water partition coefficient (Wildman–Crippen LogP) is 5.42. The Morgan fingerprint density at radius 3 is 2.61 bits per heavy atom. The minimum atomic E-state index is -2.23. The molecular weight excluding hydrogens is 303 g/mol. The van der Waals surface area contributed by atoms with E-state index in [0.29, 0.717) is 17.8 Å². The van der Waals surface area contributed by atoms with Crippen LogP contribution < -0.4 is 5.30 Å². The third-order valence-corrected chi connectivity index (χ3v) is 6.62. The summed E-state index contributed by atoms with van der Waals surface area (Å²) in [5.74, 6) is 1.77. The maximum Gasteiger partial charge on any atom is 0.221 e. The van der Waals surface area contributed by atoms with Crippen LogP contribution in [-0.2, 0) is 9.09 Å². The Bertz CT molecular complexity index is 690. The molecule has 1 saturated carbocycles. The number of rotatable bonds is 4. The molecule has 2 aromatic carbocycles. The quantitative estimate of drug-likeness (QED) is 0.700. The Morgan fingerprint density at radius 2 is 1.83 bits per heavy atom. The summed E-state index contributed by atoms with van der Waals surface area (Å²) in [6, 6.07) is 14.1. The van der Waals surface area contributed by atoms with E-state index in [1.165, 1.54) is 12.8 Å². The second-order valence-electron chi connectivity index (χ2n) is 7.30. The predicted molar refractivity (Wildman–Crippen MR) is 98.8 cm³/mol. The third kappa shape index (κ3) is 3.70. The van der Waals surface area contributed by atoms with Crippen molar-refractivity contribution in [2.45, 2.75) is 46.1 Å². The lowest BCUT2D eigenvalue weighted by Crippen LogP contribution is -2.33. The van der Waals surface area contributed by atoms with Gasteiger partial charge in [0.1, 0.15) is 0 Å². The highest BCUT2D eigenvalue weighted by molar-refractivity contribution is 7.49. The summed E-state index contributed by atoms with van der Waals surface area (Å²) in [4.78, 5) is 0. The molecule has 0 radical (unpaired) electrons. The van der Waals surface area contributed by atoms with Crippen molar-refractivity contribution in [2.24, 2.45) is 17.8 Å². The van der Waals surface area contributed by atoms with Gasteiger partial charge in [-0.15, -0.1) is 0 Å². The van der Waals surface area contributed by atoms with E-state index in [0.717, 1.165) is 22.5 Å². The second-order valence-corrected chi connectivity index (χ2v) is 8.65. The van der Waals surface area contributed by atoms with Crippen molar-refractivity contribution in [3.8, 4) is 0 Å². The molecule has 2 nitrogen and oxygen atoms in total. The highest BCUT2D eigenvalue weighted by Gasteiger charge is 2.32. The molecule has 0 N–H and O–H groups in total. The molecule has 0 amide bonds. The molecule has 1 aliphatic rings. The second kappa shape index (κ2) is 7.20. The van der Waals surface area contributed by atoms with Crippen LogP contribution in [-0.4, -0.2) is 6.10 Å². The van der Waals surface area contributed by atoms with Gasteiger partial charge in [0, 0.05) is 5.30 Å². The summed E-state index contributed by atoms with van der Waals surface area (Å²) in [7, 11) is -2.23. The van der Waals surface area contributed by atoms with Crippen molar-refractivity contribution in [3.05, 3.63) is 42.5 Å². The fourth-order valence-electron chi connectivity index (χ4n) is 3.85. The van der Waals surface area contributed by atoms with Crippen LogP contribution in [0.2, 0.25) is 0 Å². The first-order valence-corrected chi connectivity index (χ1v) is 10.1. The van der Waals surface area contributed by atoms with E-state index in [-0.39, 0.29) is 6.10 Å². The van der Waals surface area contributed by atoms with Crippen molar-refractivity contribution in [1.29, 1.82) is 0 Å². The lowest BCUT2D eigenvalue weighted by atomic mass is 9.75. The van der Waals surface area contributed by atoms with E-state index in [1.807, 2.05) is 30.3 Å². The number of hydrogen-bond acceptors (Lipinski definition) is 2. The van der Waals surface area contributed by atoms with Gasteiger partial charge in [-0.2, -0.15) is 0 Å². The zero-order chi connectivity index (χ0) is 16.4. The molecule has 124 valence electrons. The van der Waals surface area contributed by atoms with Crippen LogP contribution in [0.4, 0.5) is 0 Å². The van der Waals surface area contributed by atoms with E-state index >= 15 is 0 Å². The summed E-state index contributed by atoms with van der Waals surface area (Å²) in [5.41, 5.74) is 0. The molecule has 0 heterocycles. The van der Waals surface area contributed by atoms with E-state index in [9.17, 15) is 4.57 Å². The van der Waals surface area contributed by atoms with Crippen LogP contribution in [0.15, 0.2) is 42.5 Å². The molecular formula is C20H27O2P. The Kier molecular flexibility index (Phi) is 5.24. The minimum absolute atomic E-state index is 0.129. The van der Waals surface area contributed by atoms with Crippen LogP contribution in [0.25, 0.3) is 10.8 Å². The lowest BCUT2D eigenvalue weighted by Gasteiger charge is -2.36. The molecule has 23 heavy (non-hydrogen) atoms. The van der Waals surface area contributed by atoms with Gasteiger partial charge in [-0.25, -0.2) is 0 Å². The average molecular weight is 330 g/mol. The molecule has 0 bridgehead atoms. The standard InChI is InChI=1S/C20H27O2P/c1-14(2)17-12-11-15(3)13-19(17)22-23(21)20-10-6-8-16-7-4-5-9-18(16)20/h4-10,14-15,17,19,23H,11-13H2,1-3H3/t15-,17+,19-/m1/s1. The van der Waals surface area contributed by atoms with Crippen LogP contribution in [0.3, 0.4) is 0 Å². The Hall–Kier alpha value is -1.11. The number of fused-ring (bicyclic) bond motifs is 1. The normalized spacial score (nSPS) is 26.5. The zero-order valence-corrected chi connectivity index (χ0v) is 15.3. The smallest absolute Gasteiger partial charge is 0.221 e. The zero-order valence-electron chi connectivity index (χ0n) is 14.3. The van der Waals surface area contributed by atoms with Gasteiger partial charge in [0.2, 0.25) is 8.03 Å². The molecule has 0 unspecified atom stereocenters. The van der Waals surface area contributed by atoms with Gasteiger partial charge in [0.15, 0.2) is 0 Å². The van der Waals surface area contributed by atoms with E-state index in [4.69, 9.17) is 4.52 Å². The molecule has 1 fully saturated rings. The van der Waals surface area contributed by atoms with Gasteiger partial charge in [-0.3, -0.25) is 4.57 Å². The fourth-order valence-corrected chi connectivity index (χ4v) is 5.21. The van der Waals surface area contributed by atoms with Crippen LogP contribution in [0.5, 0.6) is 0 Å². The fraction of sp³-hybridized carbons (Fsp3) is 0.500. The summed E-state index contributed by atoms with van der Waals surface area (Å²) in [5, 5.41) is 3.06. The summed E-state index contributed by atoms with van der Waals surface area (Å²) in [6.45, 7) is 6.79. The summed E-state index contributed by atoms with van der Waals surface area (Å²) < 4.78 is 19.1. The van der Waals surface area contributed by atoms with Crippen molar-refractivity contribution < 1.29 is 9.09 Å². The molecule has 0 aliphatic heterocycles. The van der Waals surface area contributed by atoms with Gasteiger partial charge in [0.25, 0.3) is 0 Å². The van der Waals surface area contributed by atoms with E-state index in [2.05, 4.69) is 32.9 Å². The molecule has 3 heteroatoms. The molecule has 4 atom stereocenters. The number of hydrogen-bond donors (Lipinski definition) is 0. The molecule has 1 aliphatic carbocycles. The first kappa shape index (κ1) is 16.7. The maximum atomic E-state index is 13.0. The summed E-state index contributed by atoms with van der Waals surface area (Å²) in [6.07, 6.45) is 3.61. The van der Waals surface area contributed by atoms with E-state index < -0.39 is 8.03 Å². The monoisotopic (exact) mass is 330 g/mol. The van der Waals surface area contributed by atoms with Crippen molar-refractivity contribution >= 4 is 24.1 Å².